The SMILES string of the molecule is CCCCN(Cc1cccn1C)C(=O)CN(CC(C)C)C(=O)N(C)C. The Kier molecular flexibility index (Phi) is 8.52. The summed E-state index contributed by atoms with van der Waals surface area (Å²) in [4.78, 5) is 30.4. The van der Waals surface area contributed by atoms with Crippen molar-refractivity contribution >= 4 is 11.9 Å². The number of hydrogen-bond acceptors (Lipinski definition) is 2. The molecule has 1 heterocycles. The maximum absolute atomic E-state index is 12.9. The van der Waals surface area contributed by atoms with E-state index < -0.39 is 0 Å². The lowest BCUT2D eigenvalue weighted by Crippen LogP contribution is -2.47. The lowest BCUT2D eigenvalue weighted by molar-refractivity contribution is -0.132. The molecule has 0 aliphatic carbocycles. The number of rotatable bonds is 9. The smallest absolute Gasteiger partial charge is 0.319 e. The lowest BCUT2D eigenvalue weighted by atomic mass is 10.2. The van der Waals surface area contributed by atoms with Gasteiger partial charge in [0.05, 0.1) is 6.54 Å². The van der Waals surface area contributed by atoms with Gasteiger partial charge in [0.15, 0.2) is 0 Å². The predicted molar refractivity (Wildman–Crippen MR) is 101 cm³/mol. The third kappa shape index (κ3) is 6.80. The van der Waals surface area contributed by atoms with Crippen LogP contribution in [0.1, 0.15) is 39.3 Å². The molecule has 1 aromatic rings. The summed E-state index contributed by atoms with van der Waals surface area (Å²) in [5.41, 5.74) is 1.10. The third-order valence-corrected chi connectivity index (χ3v) is 4.10. The fourth-order valence-electron chi connectivity index (χ4n) is 2.69. The van der Waals surface area contributed by atoms with Crippen molar-refractivity contribution in [2.45, 2.75) is 40.2 Å². The molecule has 0 atom stereocenters. The van der Waals surface area contributed by atoms with Crippen LogP contribution in [0.5, 0.6) is 0 Å². The zero-order valence-corrected chi connectivity index (χ0v) is 16.7. The highest BCUT2D eigenvalue weighted by Gasteiger charge is 2.23. The minimum absolute atomic E-state index is 0.00509. The summed E-state index contributed by atoms with van der Waals surface area (Å²) in [5.74, 6) is 0.319. The van der Waals surface area contributed by atoms with Crippen molar-refractivity contribution in [2.75, 3.05) is 33.7 Å². The number of urea groups is 1. The second-order valence-corrected chi connectivity index (χ2v) is 7.23. The van der Waals surface area contributed by atoms with Crippen LogP contribution in [0.4, 0.5) is 4.79 Å². The fraction of sp³-hybridized carbons (Fsp3) is 0.684. The minimum atomic E-state index is -0.114. The van der Waals surface area contributed by atoms with Crippen LogP contribution in [0.3, 0.4) is 0 Å². The number of carbonyl (C=O) groups is 2. The van der Waals surface area contributed by atoms with E-state index in [4.69, 9.17) is 0 Å². The molecule has 6 heteroatoms. The van der Waals surface area contributed by atoms with Crippen LogP contribution < -0.4 is 0 Å². The van der Waals surface area contributed by atoms with E-state index in [2.05, 4.69) is 20.8 Å². The van der Waals surface area contributed by atoms with Crippen molar-refractivity contribution in [1.82, 2.24) is 19.3 Å². The van der Waals surface area contributed by atoms with Crippen molar-refractivity contribution < 1.29 is 9.59 Å². The van der Waals surface area contributed by atoms with E-state index >= 15 is 0 Å². The van der Waals surface area contributed by atoms with Gasteiger partial charge in [-0.1, -0.05) is 27.2 Å². The van der Waals surface area contributed by atoms with Gasteiger partial charge in [-0.15, -0.1) is 0 Å². The first kappa shape index (κ1) is 21.1. The maximum atomic E-state index is 12.9. The zero-order valence-electron chi connectivity index (χ0n) is 16.7. The average molecular weight is 351 g/mol. The van der Waals surface area contributed by atoms with E-state index in [0.29, 0.717) is 25.6 Å². The molecule has 1 rings (SSSR count). The molecule has 0 fully saturated rings. The van der Waals surface area contributed by atoms with Gasteiger partial charge in [0.2, 0.25) is 5.91 Å². The van der Waals surface area contributed by atoms with E-state index in [-0.39, 0.29) is 18.5 Å². The van der Waals surface area contributed by atoms with Crippen molar-refractivity contribution in [3.05, 3.63) is 24.0 Å². The van der Waals surface area contributed by atoms with Crippen LogP contribution in [0.2, 0.25) is 0 Å². The van der Waals surface area contributed by atoms with E-state index in [1.54, 1.807) is 19.0 Å². The quantitative estimate of drug-likeness (QED) is 0.687. The van der Waals surface area contributed by atoms with Gasteiger partial charge in [0, 0.05) is 46.1 Å². The Hall–Kier alpha value is -1.98. The molecule has 0 saturated heterocycles. The van der Waals surface area contributed by atoms with Gasteiger partial charge in [0.25, 0.3) is 0 Å². The summed E-state index contributed by atoms with van der Waals surface area (Å²) in [6.45, 7) is 8.22. The highest BCUT2D eigenvalue weighted by atomic mass is 16.2. The molecule has 0 N–H and O–H groups in total. The van der Waals surface area contributed by atoms with Gasteiger partial charge in [-0.2, -0.15) is 0 Å². The number of aryl methyl sites for hydroxylation is 1. The first-order chi connectivity index (χ1) is 11.8. The van der Waals surface area contributed by atoms with Crippen molar-refractivity contribution in [1.29, 1.82) is 0 Å². The fourth-order valence-corrected chi connectivity index (χ4v) is 2.69. The maximum Gasteiger partial charge on any atom is 0.319 e. The first-order valence-corrected chi connectivity index (χ1v) is 9.10. The van der Waals surface area contributed by atoms with Gasteiger partial charge < -0.3 is 19.3 Å². The number of amides is 3. The zero-order chi connectivity index (χ0) is 19.0. The van der Waals surface area contributed by atoms with Gasteiger partial charge >= 0.3 is 6.03 Å². The molecule has 25 heavy (non-hydrogen) atoms. The normalized spacial score (nSPS) is 10.8. The van der Waals surface area contributed by atoms with Gasteiger partial charge in [-0.05, 0) is 24.5 Å². The predicted octanol–water partition coefficient (Wildman–Crippen LogP) is 2.79. The molecule has 0 aliphatic heterocycles. The summed E-state index contributed by atoms with van der Waals surface area (Å²) in [5, 5.41) is 0. The largest absolute Gasteiger partial charge is 0.353 e. The van der Waals surface area contributed by atoms with Crippen LogP contribution in [0.15, 0.2) is 18.3 Å². The van der Waals surface area contributed by atoms with Crippen LogP contribution in [0, 0.1) is 5.92 Å². The summed E-state index contributed by atoms with van der Waals surface area (Å²) in [7, 11) is 5.43. The molecule has 0 bridgehead atoms. The Morgan fingerprint density at radius 2 is 1.88 bits per heavy atom. The van der Waals surface area contributed by atoms with Crippen molar-refractivity contribution in [3.63, 3.8) is 0 Å². The molecule has 0 aliphatic rings. The summed E-state index contributed by atoms with van der Waals surface area (Å²) >= 11 is 0. The highest BCUT2D eigenvalue weighted by molar-refractivity contribution is 5.84. The molecule has 142 valence electrons. The Balaban J connectivity index is 2.86. The number of nitrogens with zero attached hydrogens (tertiary/aromatic N) is 4. The molecule has 0 spiro atoms. The summed E-state index contributed by atoms with van der Waals surface area (Å²) in [6.07, 6.45) is 3.98. The molecule has 0 radical (unpaired) electrons. The van der Waals surface area contributed by atoms with E-state index in [1.165, 1.54) is 4.90 Å². The standard InChI is InChI=1S/C19H34N4O2/c1-7-8-12-22(14-17-10-9-11-21(17)6)18(24)15-23(13-16(2)3)19(25)20(4)5/h9-11,16H,7-8,12-15H2,1-6H3. The van der Waals surface area contributed by atoms with E-state index in [1.807, 2.05) is 34.8 Å². The Morgan fingerprint density at radius 1 is 1.20 bits per heavy atom. The topological polar surface area (TPSA) is 48.8 Å². The van der Waals surface area contributed by atoms with E-state index in [9.17, 15) is 9.59 Å². The van der Waals surface area contributed by atoms with Crippen molar-refractivity contribution in [2.24, 2.45) is 13.0 Å². The summed E-state index contributed by atoms with van der Waals surface area (Å²) in [6, 6.07) is 3.90. The van der Waals surface area contributed by atoms with Crippen LogP contribution in [-0.2, 0) is 18.4 Å². The number of aromatic nitrogens is 1. The van der Waals surface area contributed by atoms with Gasteiger partial charge in [-0.25, -0.2) is 4.79 Å². The highest BCUT2D eigenvalue weighted by Crippen LogP contribution is 2.09. The Labute approximate surface area is 152 Å². The molecular formula is C19H34N4O2. The molecule has 3 amide bonds. The Bertz CT molecular complexity index is 551. The number of unbranched alkanes of at least 4 members (excludes halogenated alkanes) is 1. The second-order valence-electron chi connectivity index (χ2n) is 7.23. The van der Waals surface area contributed by atoms with Crippen LogP contribution in [-0.4, -0.2) is 64.9 Å². The number of hydrogen-bond donors (Lipinski definition) is 0. The van der Waals surface area contributed by atoms with Gasteiger partial charge in [0.1, 0.15) is 6.54 Å². The van der Waals surface area contributed by atoms with Crippen LogP contribution in [0.25, 0.3) is 0 Å². The monoisotopic (exact) mass is 350 g/mol. The van der Waals surface area contributed by atoms with E-state index in [0.717, 1.165) is 18.5 Å². The second kappa shape index (κ2) is 10.1. The Morgan fingerprint density at radius 3 is 2.36 bits per heavy atom. The van der Waals surface area contributed by atoms with Crippen LogP contribution >= 0.6 is 0 Å². The average Bonchev–Trinajstić information content (AvgIpc) is 2.94. The van der Waals surface area contributed by atoms with Crippen molar-refractivity contribution in [3.8, 4) is 0 Å². The molecule has 0 aromatic carbocycles. The molecule has 6 nitrogen and oxygen atoms in total. The first-order valence-electron chi connectivity index (χ1n) is 9.10. The molecule has 0 unspecified atom stereocenters. The molecule has 0 saturated carbocycles. The van der Waals surface area contributed by atoms with Gasteiger partial charge in [-0.3, -0.25) is 4.79 Å². The third-order valence-electron chi connectivity index (χ3n) is 4.10. The molecular weight excluding hydrogens is 316 g/mol. The number of carbonyl (C=O) groups excluding carboxylic acids is 2. The summed E-state index contributed by atoms with van der Waals surface area (Å²) < 4.78 is 2.03. The molecule has 1 aromatic heterocycles. The lowest BCUT2D eigenvalue weighted by Gasteiger charge is -2.30. The minimum Gasteiger partial charge on any atom is -0.353 e.